The van der Waals surface area contributed by atoms with Crippen molar-refractivity contribution in [1.82, 2.24) is 4.98 Å². The first kappa shape index (κ1) is 6.06. The summed E-state index contributed by atoms with van der Waals surface area (Å²) in [6.07, 6.45) is -1.94. The van der Waals surface area contributed by atoms with Gasteiger partial charge >= 0.3 is 5.97 Å². The maximum Gasteiger partial charge on any atom is 0.335 e. The lowest BCUT2D eigenvalue weighted by atomic mass is 10.1. The number of nitrogens with one attached hydrogen (secondary N) is 1. The topological polar surface area (TPSA) is 62.3 Å². The average Bonchev–Trinajstić information content (AvgIpc) is 2.79. The molecule has 0 saturated heterocycles. The van der Waals surface area contributed by atoms with E-state index in [-0.39, 0.29) is 41.1 Å². The zero-order valence-corrected chi connectivity index (χ0v) is 8.55. The van der Waals surface area contributed by atoms with Crippen molar-refractivity contribution in [3.8, 4) is 0 Å². The Bertz CT molecular complexity index is 728. The Kier molecular flexibility index (Phi) is 1.65. The summed E-state index contributed by atoms with van der Waals surface area (Å²) in [7, 11) is 1.12. The van der Waals surface area contributed by atoms with Crippen LogP contribution in [0.4, 0.5) is 0 Å². The number of benzene rings is 1. The summed E-state index contributed by atoms with van der Waals surface area (Å²) >= 11 is 0. The quantitative estimate of drug-likeness (QED) is 0.771. The molecule has 0 bridgehead atoms. The number of fused-ring (bicyclic) bond motifs is 1. The molecule has 1 atom stereocenters. The Morgan fingerprint density at radius 1 is 1.62 bits per heavy atom. The van der Waals surface area contributed by atoms with Crippen LogP contribution in [0.2, 0.25) is 0 Å². The molecule has 1 aromatic carbocycles. The van der Waals surface area contributed by atoms with Crippen LogP contribution in [0.15, 0.2) is 30.3 Å². The highest BCUT2D eigenvalue weighted by Gasteiger charge is 2.17. The number of rotatable bonds is 3. The first-order chi connectivity index (χ1) is 9.79. The predicted molar refractivity (Wildman–Crippen MR) is 60.0 cm³/mol. The summed E-state index contributed by atoms with van der Waals surface area (Å²) in [6, 6.07) is -1.44. The highest BCUT2D eigenvalue weighted by molar-refractivity contribution is 5.84. The van der Waals surface area contributed by atoms with Crippen molar-refractivity contribution in [3.05, 3.63) is 35.9 Å². The van der Waals surface area contributed by atoms with Gasteiger partial charge in [0.05, 0.1) is 14.0 Å². The molecule has 2 rings (SSSR count). The summed E-state index contributed by atoms with van der Waals surface area (Å²) in [5, 5.41) is 9.80. The van der Waals surface area contributed by atoms with Crippen LogP contribution in [0.3, 0.4) is 0 Å². The summed E-state index contributed by atoms with van der Waals surface area (Å²) in [5.74, 6) is -0.871. The van der Waals surface area contributed by atoms with Crippen molar-refractivity contribution in [2.75, 3.05) is 7.11 Å². The van der Waals surface area contributed by atoms with Crippen molar-refractivity contribution in [2.24, 2.45) is 0 Å². The standard InChI is InChI=1S/C12H13NO3/c1-16-12(15)11(14)6-8-7-13-10-5-3-2-4-9(8)10/h2-5,7,11,13-14H,6H2,1H3/i2D,3D,4D,5D,7D. The molecule has 0 fully saturated rings. The minimum Gasteiger partial charge on any atom is -0.467 e. The highest BCUT2D eigenvalue weighted by atomic mass is 16.5. The zero-order valence-electron chi connectivity index (χ0n) is 13.5. The number of hydrogen-bond donors (Lipinski definition) is 2. The normalized spacial score (nSPS) is 17.0. The lowest BCUT2D eigenvalue weighted by Gasteiger charge is -2.06. The van der Waals surface area contributed by atoms with E-state index in [1.807, 2.05) is 0 Å². The van der Waals surface area contributed by atoms with Gasteiger partial charge in [-0.05, 0) is 11.6 Å². The van der Waals surface area contributed by atoms with Crippen molar-refractivity contribution in [2.45, 2.75) is 12.5 Å². The number of aromatic nitrogens is 1. The molecule has 84 valence electrons. The smallest absolute Gasteiger partial charge is 0.335 e. The molecule has 2 N–H and O–H groups in total. The lowest BCUT2D eigenvalue weighted by Crippen LogP contribution is -2.23. The molecule has 0 amide bonds. The molecule has 1 unspecified atom stereocenters. The number of para-hydroxylation sites is 1. The van der Waals surface area contributed by atoms with Crippen LogP contribution in [0.25, 0.3) is 10.9 Å². The van der Waals surface area contributed by atoms with Crippen molar-refractivity contribution < 1.29 is 21.5 Å². The third-order valence-corrected chi connectivity index (χ3v) is 2.20. The van der Waals surface area contributed by atoms with Gasteiger partial charge in [0.2, 0.25) is 0 Å². The SMILES string of the molecule is [2H]c1[nH]c2c([2H])c([2H])c([2H])c([2H])c2c1CC(O)C(=O)OC. The molecule has 0 saturated carbocycles. The van der Waals surface area contributed by atoms with Gasteiger partial charge < -0.3 is 14.8 Å². The summed E-state index contributed by atoms with van der Waals surface area (Å²) in [5.41, 5.74) is 0.230. The number of ether oxygens (including phenoxy) is 1. The van der Waals surface area contributed by atoms with Gasteiger partial charge in [-0.15, -0.1) is 0 Å². The number of aliphatic hydroxyl groups is 1. The number of esters is 1. The van der Waals surface area contributed by atoms with E-state index in [1.165, 1.54) is 0 Å². The molecule has 0 spiro atoms. The highest BCUT2D eigenvalue weighted by Crippen LogP contribution is 2.19. The second-order valence-corrected chi connectivity index (χ2v) is 3.22. The molecule has 0 aliphatic carbocycles. The van der Waals surface area contributed by atoms with E-state index in [2.05, 4.69) is 9.72 Å². The number of hydrogen-bond acceptors (Lipinski definition) is 3. The Hall–Kier alpha value is -1.81. The number of aromatic amines is 1. The van der Waals surface area contributed by atoms with E-state index in [4.69, 9.17) is 6.85 Å². The van der Waals surface area contributed by atoms with Gasteiger partial charge in [0.25, 0.3) is 0 Å². The zero-order chi connectivity index (χ0) is 15.9. The van der Waals surface area contributed by atoms with Gasteiger partial charge in [0, 0.05) is 23.5 Å². The first-order valence-electron chi connectivity index (χ1n) is 7.13. The molecule has 0 radical (unpaired) electrons. The van der Waals surface area contributed by atoms with Gasteiger partial charge in [0.1, 0.15) is 0 Å². The van der Waals surface area contributed by atoms with E-state index in [0.29, 0.717) is 0 Å². The van der Waals surface area contributed by atoms with E-state index >= 15 is 0 Å². The van der Waals surface area contributed by atoms with Gasteiger partial charge in [-0.3, -0.25) is 0 Å². The van der Waals surface area contributed by atoms with Crippen LogP contribution < -0.4 is 0 Å². The second-order valence-electron chi connectivity index (χ2n) is 3.22. The molecule has 16 heavy (non-hydrogen) atoms. The average molecular weight is 224 g/mol. The van der Waals surface area contributed by atoms with Crippen molar-refractivity contribution in [3.63, 3.8) is 0 Å². The molecule has 4 heteroatoms. The minimum absolute atomic E-state index is 0.0815. The maximum atomic E-state index is 11.3. The Morgan fingerprint density at radius 3 is 3.12 bits per heavy atom. The van der Waals surface area contributed by atoms with E-state index < -0.39 is 24.2 Å². The third-order valence-electron chi connectivity index (χ3n) is 2.20. The minimum atomic E-state index is -1.50. The molecule has 1 heterocycles. The Balaban J connectivity index is 2.65. The van der Waals surface area contributed by atoms with E-state index in [0.717, 1.165) is 7.11 Å². The van der Waals surface area contributed by atoms with Crippen LogP contribution in [0.1, 0.15) is 12.4 Å². The van der Waals surface area contributed by atoms with Crippen LogP contribution in [0, 0.1) is 0 Å². The first-order valence-corrected chi connectivity index (χ1v) is 4.63. The molecule has 0 aliphatic heterocycles. The monoisotopic (exact) mass is 224 g/mol. The molecule has 4 nitrogen and oxygen atoms in total. The lowest BCUT2D eigenvalue weighted by molar-refractivity contribution is -0.150. The predicted octanol–water partition coefficient (Wildman–Crippen LogP) is 1.24. The molecule has 1 aromatic heterocycles. The number of carbonyl (C=O) groups excluding carboxylic acids is 1. The van der Waals surface area contributed by atoms with Gasteiger partial charge in [0.15, 0.2) is 6.10 Å². The van der Waals surface area contributed by atoms with Gasteiger partial charge in [-0.1, -0.05) is 18.1 Å². The number of H-pyrrole nitrogens is 1. The third kappa shape index (κ3) is 1.92. The largest absolute Gasteiger partial charge is 0.467 e. The molecular formula is C12H13NO3. The Labute approximate surface area is 99.9 Å². The second kappa shape index (κ2) is 4.37. The van der Waals surface area contributed by atoms with Crippen LogP contribution >= 0.6 is 0 Å². The van der Waals surface area contributed by atoms with Crippen molar-refractivity contribution in [1.29, 1.82) is 0 Å². The van der Waals surface area contributed by atoms with Crippen molar-refractivity contribution >= 4 is 16.9 Å². The summed E-state index contributed by atoms with van der Waals surface area (Å²) in [6.45, 7) is 0. The van der Waals surface area contributed by atoms with Crippen LogP contribution in [-0.4, -0.2) is 29.3 Å². The number of methoxy groups -OCH3 is 1. The number of carbonyl (C=O) groups is 1. The van der Waals surface area contributed by atoms with Crippen LogP contribution in [-0.2, 0) is 16.0 Å². The summed E-state index contributed by atoms with van der Waals surface area (Å²) < 4.78 is 43.1. The van der Waals surface area contributed by atoms with Gasteiger partial charge in [-0.2, -0.15) is 0 Å². The van der Waals surface area contributed by atoms with E-state index in [9.17, 15) is 9.90 Å². The van der Waals surface area contributed by atoms with Crippen LogP contribution in [0.5, 0.6) is 0 Å². The fourth-order valence-electron chi connectivity index (χ4n) is 1.40. The Morgan fingerprint density at radius 2 is 2.38 bits per heavy atom. The van der Waals surface area contributed by atoms with E-state index in [1.54, 1.807) is 0 Å². The van der Waals surface area contributed by atoms with Gasteiger partial charge in [-0.25, -0.2) is 4.79 Å². The molecule has 0 aliphatic rings. The summed E-state index contributed by atoms with van der Waals surface area (Å²) in [4.78, 5) is 13.8. The fourth-order valence-corrected chi connectivity index (χ4v) is 1.40. The fraction of sp³-hybridized carbons (Fsp3) is 0.250. The molecular weight excluding hydrogens is 206 g/mol. The number of aliphatic hydroxyl groups excluding tert-OH is 1. The molecule has 2 aromatic rings. The maximum absolute atomic E-state index is 11.3.